The van der Waals surface area contributed by atoms with Crippen LogP contribution < -0.4 is 14.5 Å². The van der Waals surface area contributed by atoms with Crippen molar-refractivity contribution in [2.45, 2.75) is 0 Å². The maximum absolute atomic E-state index is 11.9. The van der Waals surface area contributed by atoms with Gasteiger partial charge in [-0.05, 0) is 36.4 Å². The van der Waals surface area contributed by atoms with Crippen LogP contribution in [0.3, 0.4) is 0 Å². The quantitative estimate of drug-likeness (QED) is 0.312. The number of rotatable bonds is 6. The molecule has 3 heterocycles. The lowest BCUT2D eigenvalue weighted by Crippen LogP contribution is -2.46. The SMILES string of the molecule is COc1ccccc1N1CCN(c2ccc(-c3nc(-c4cccnc4)no3)cc2[N+](=O)[O-])CC1. The Labute approximate surface area is 195 Å². The van der Waals surface area contributed by atoms with E-state index in [1.807, 2.05) is 35.2 Å². The third kappa shape index (κ3) is 4.13. The molecule has 0 amide bonds. The van der Waals surface area contributed by atoms with E-state index in [1.165, 1.54) is 6.07 Å². The summed E-state index contributed by atoms with van der Waals surface area (Å²) in [7, 11) is 1.66. The molecule has 0 saturated carbocycles. The van der Waals surface area contributed by atoms with Gasteiger partial charge in [-0.2, -0.15) is 4.98 Å². The number of nitrogens with zero attached hydrogens (tertiary/aromatic N) is 6. The summed E-state index contributed by atoms with van der Waals surface area (Å²) in [6, 6.07) is 16.5. The van der Waals surface area contributed by atoms with Crippen LogP contribution in [0.1, 0.15) is 0 Å². The lowest BCUT2D eigenvalue weighted by atomic mass is 10.1. The lowest BCUT2D eigenvalue weighted by Gasteiger charge is -2.37. The van der Waals surface area contributed by atoms with Crippen LogP contribution in [0, 0.1) is 10.1 Å². The van der Waals surface area contributed by atoms with Crippen LogP contribution in [0.25, 0.3) is 22.8 Å². The van der Waals surface area contributed by atoms with Gasteiger partial charge in [-0.1, -0.05) is 17.3 Å². The molecule has 1 fully saturated rings. The molecule has 4 aromatic rings. The standard InChI is InChI=1S/C24H22N6O4/c1-33-22-7-3-2-6-20(22)29-13-11-28(12-14-29)19-9-8-17(15-21(19)30(31)32)24-26-23(27-34-24)18-5-4-10-25-16-18/h2-10,15-16H,11-14H2,1H3. The Morgan fingerprint density at radius 2 is 1.74 bits per heavy atom. The Kier molecular flexibility index (Phi) is 5.77. The summed E-state index contributed by atoms with van der Waals surface area (Å²) < 4.78 is 10.8. The monoisotopic (exact) mass is 458 g/mol. The average Bonchev–Trinajstić information content (AvgIpc) is 3.39. The summed E-state index contributed by atoms with van der Waals surface area (Å²) in [6.45, 7) is 2.72. The van der Waals surface area contributed by atoms with E-state index < -0.39 is 0 Å². The van der Waals surface area contributed by atoms with Crippen molar-refractivity contribution in [2.24, 2.45) is 0 Å². The minimum Gasteiger partial charge on any atom is -0.495 e. The number of aromatic nitrogens is 3. The van der Waals surface area contributed by atoms with Gasteiger partial charge < -0.3 is 19.1 Å². The number of piperazine rings is 1. The molecule has 1 aliphatic heterocycles. The van der Waals surface area contributed by atoms with Gasteiger partial charge in [0.2, 0.25) is 5.82 Å². The second kappa shape index (κ2) is 9.18. The van der Waals surface area contributed by atoms with E-state index in [2.05, 4.69) is 20.0 Å². The van der Waals surface area contributed by atoms with Crippen molar-refractivity contribution >= 4 is 17.1 Å². The number of nitro benzene ring substituents is 1. The Morgan fingerprint density at radius 1 is 0.971 bits per heavy atom. The normalized spacial score (nSPS) is 13.7. The summed E-state index contributed by atoms with van der Waals surface area (Å²) in [5.74, 6) is 1.41. The number of methoxy groups -OCH3 is 1. The van der Waals surface area contributed by atoms with Gasteiger partial charge in [0.1, 0.15) is 11.4 Å². The van der Waals surface area contributed by atoms with E-state index in [0.29, 0.717) is 35.7 Å². The van der Waals surface area contributed by atoms with Gasteiger partial charge in [0.25, 0.3) is 11.6 Å². The molecular weight excluding hydrogens is 436 g/mol. The Morgan fingerprint density at radius 3 is 2.44 bits per heavy atom. The van der Waals surface area contributed by atoms with Crippen LogP contribution in [0.15, 0.2) is 71.5 Å². The maximum atomic E-state index is 11.9. The number of pyridine rings is 1. The molecule has 1 aliphatic rings. The van der Waals surface area contributed by atoms with Gasteiger partial charge in [0, 0.05) is 55.8 Å². The van der Waals surface area contributed by atoms with Crippen LogP contribution in [-0.2, 0) is 0 Å². The van der Waals surface area contributed by atoms with Crippen LogP contribution in [0.4, 0.5) is 17.1 Å². The van der Waals surface area contributed by atoms with E-state index in [-0.39, 0.29) is 16.5 Å². The molecule has 0 unspecified atom stereocenters. The smallest absolute Gasteiger partial charge is 0.293 e. The second-order valence-electron chi connectivity index (χ2n) is 7.77. The highest BCUT2D eigenvalue weighted by atomic mass is 16.6. The van der Waals surface area contributed by atoms with Gasteiger partial charge in [-0.15, -0.1) is 0 Å². The molecule has 0 aliphatic carbocycles. The van der Waals surface area contributed by atoms with E-state index in [1.54, 1.807) is 37.7 Å². The summed E-state index contributed by atoms with van der Waals surface area (Å²) >= 11 is 0. The molecule has 1 saturated heterocycles. The fourth-order valence-electron chi connectivity index (χ4n) is 4.10. The van der Waals surface area contributed by atoms with Crippen molar-refractivity contribution < 1.29 is 14.2 Å². The molecule has 2 aromatic carbocycles. The molecule has 0 atom stereocenters. The van der Waals surface area contributed by atoms with Gasteiger partial charge in [0.15, 0.2) is 0 Å². The molecule has 5 rings (SSSR count). The maximum Gasteiger partial charge on any atom is 0.293 e. The van der Waals surface area contributed by atoms with Crippen LogP contribution in [0.5, 0.6) is 5.75 Å². The molecule has 10 nitrogen and oxygen atoms in total. The van der Waals surface area contributed by atoms with Crippen molar-refractivity contribution in [1.29, 1.82) is 0 Å². The number of para-hydroxylation sites is 2. The number of hydrogen-bond acceptors (Lipinski definition) is 9. The first-order chi connectivity index (χ1) is 16.6. The third-order valence-corrected chi connectivity index (χ3v) is 5.81. The first-order valence-corrected chi connectivity index (χ1v) is 10.8. The lowest BCUT2D eigenvalue weighted by molar-refractivity contribution is -0.384. The van der Waals surface area contributed by atoms with E-state index >= 15 is 0 Å². The Hall–Kier alpha value is -4.47. The van der Waals surface area contributed by atoms with E-state index in [0.717, 1.165) is 24.5 Å². The number of ether oxygens (including phenoxy) is 1. The van der Waals surface area contributed by atoms with E-state index in [4.69, 9.17) is 9.26 Å². The number of anilines is 2. The van der Waals surface area contributed by atoms with Crippen LogP contribution in [-0.4, -0.2) is 53.3 Å². The van der Waals surface area contributed by atoms with Crippen molar-refractivity contribution in [3.8, 4) is 28.6 Å². The minimum atomic E-state index is -0.371. The first kappa shape index (κ1) is 21.4. The molecular formula is C24H22N6O4. The summed E-state index contributed by atoms with van der Waals surface area (Å²) in [4.78, 5) is 24.2. The predicted molar refractivity (Wildman–Crippen MR) is 127 cm³/mol. The van der Waals surface area contributed by atoms with Crippen LogP contribution in [0.2, 0.25) is 0 Å². The second-order valence-corrected chi connectivity index (χ2v) is 7.77. The zero-order valence-corrected chi connectivity index (χ0v) is 18.5. The number of hydrogen-bond donors (Lipinski definition) is 0. The topological polar surface area (TPSA) is 111 Å². The Bertz CT molecular complexity index is 1300. The highest BCUT2D eigenvalue weighted by molar-refractivity contribution is 5.72. The highest BCUT2D eigenvalue weighted by Crippen LogP contribution is 2.35. The van der Waals surface area contributed by atoms with Gasteiger partial charge in [-0.3, -0.25) is 15.1 Å². The number of nitro groups is 1. The van der Waals surface area contributed by atoms with Gasteiger partial charge in [0.05, 0.1) is 17.7 Å². The largest absolute Gasteiger partial charge is 0.495 e. The molecule has 0 radical (unpaired) electrons. The van der Waals surface area contributed by atoms with Gasteiger partial charge in [-0.25, -0.2) is 0 Å². The van der Waals surface area contributed by atoms with Crippen molar-refractivity contribution in [3.63, 3.8) is 0 Å². The molecule has 34 heavy (non-hydrogen) atoms. The Balaban J connectivity index is 1.37. The van der Waals surface area contributed by atoms with E-state index in [9.17, 15) is 10.1 Å². The first-order valence-electron chi connectivity index (χ1n) is 10.8. The van der Waals surface area contributed by atoms with Crippen molar-refractivity contribution in [1.82, 2.24) is 15.1 Å². The fraction of sp³-hybridized carbons (Fsp3) is 0.208. The molecule has 0 spiro atoms. The third-order valence-electron chi connectivity index (χ3n) is 5.81. The van der Waals surface area contributed by atoms with Crippen molar-refractivity contribution in [2.75, 3.05) is 43.1 Å². The average molecular weight is 458 g/mol. The van der Waals surface area contributed by atoms with Crippen LogP contribution >= 0.6 is 0 Å². The fourth-order valence-corrected chi connectivity index (χ4v) is 4.10. The summed E-state index contributed by atoms with van der Waals surface area (Å²) in [5, 5.41) is 15.9. The zero-order valence-electron chi connectivity index (χ0n) is 18.5. The molecule has 2 aromatic heterocycles. The number of benzene rings is 2. The zero-order chi connectivity index (χ0) is 23.5. The molecule has 172 valence electrons. The predicted octanol–water partition coefficient (Wildman–Crippen LogP) is 4.04. The molecule has 0 N–H and O–H groups in total. The summed E-state index contributed by atoms with van der Waals surface area (Å²) in [6.07, 6.45) is 3.29. The van der Waals surface area contributed by atoms with Crippen molar-refractivity contribution in [3.05, 3.63) is 77.1 Å². The van der Waals surface area contributed by atoms with Gasteiger partial charge >= 0.3 is 0 Å². The molecule has 10 heteroatoms. The highest BCUT2D eigenvalue weighted by Gasteiger charge is 2.26. The molecule has 0 bridgehead atoms. The minimum absolute atomic E-state index is 0.00405. The summed E-state index contributed by atoms with van der Waals surface area (Å²) in [5.41, 5.74) is 2.79.